The van der Waals surface area contributed by atoms with E-state index in [9.17, 15) is 17.6 Å². The third kappa shape index (κ3) is 5.82. The molecule has 1 saturated heterocycles. The summed E-state index contributed by atoms with van der Waals surface area (Å²) in [7, 11) is -3.06. The predicted molar refractivity (Wildman–Crippen MR) is 111 cm³/mol. The molecule has 1 fully saturated rings. The van der Waals surface area contributed by atoms with E-state index in [1.165, 1.54) is 41.1 Å². The third-order valence-electron chi connectivity index (χ3n) is 4.63. The van der Waals surface area contributed by atoms with Crippen molar-refractivity contribution in [3.63, 3.8) is 0 Å². The zero-order valence-electron chi connectivity index (χ0n) is 16.4. The van der Waals surface area contributed by atoms with Gasteiger partial charge in [0.15, 0.2) is 9.84 Å². The molecule has 0 unspecified atom stereocenters. The summed E-state index contributed by atoms with van der Waals surface area (Å²) in [4.78, 5) is 11.9. The number of hydrogen-bond acceptors (Lipinski definition) is 6. The van der Waals surface area contributed by atoms with Gasteiger partial charge in [-0.1, -0.05) is 11.6 Å². The van der Waals surface area contributed by atoms with E-state index in [1.807, 2.05) is 0 Å². The minimum absolute atomic E-state index is 0.0129. The Morgan fingerprint density at radius 3 is 2.73 bits per heavy atom. The lowest BCUT2D eigenvalue weighted by molar-refractivity contribution is -0.137. The number of benzene rings is 1. The van der Waals surface area contributed by atoms with Gasteiger partial charge < -0.3 is 9.47 Å². The molecule has 0 aliphatic carbocycles. The molecule has 2 heterocycles. The second-order valence-corrected chi connectivity index (χ2v) is 9.53. The molecule has 7 nitrogen and oxygen atoms in total. The highest BCUT2D eigenvalue weighted by atomic mass is 35.5. The molecule has 1 atom stereocenters. The molecule has 1 aromatic heterocycles. The van der Waals surface area contributed by atoms with Crippen LogP contribution < -0.4 is 4.74 Å². The van der Waals surface area contributed by atoms with Gasteiger partial charge in [0.05, 0.1) is 36.5 Å². The lowest BCUT2D eigenvalue weighted by Crippen LogP contribution is -2.12. The van der Waals surface area contributed by atoms with Gasteiger partial charge in [-0.3, -0.25) is 0 Å². The summed E-state index contributed by atoms with van der Waals surface area (Å²) in [5, 5.41) is 4.63. The van der Waals surface area contributed by atoms with E-state index in [0.717, 1.165) is 0 Å². The van der Waals surface area contributed by atoms with Crippen LogP contribution in [0.5, 0.6) is 5.75 Å². The maximum atomic E-state index is 12.8. The Kier molecular flexibility index (Phi) is 7.14. The zero-order valence-corrected chi connectivity index (χ0v) is 18.0. The number of ether oxygens (including phenoxy) is 2. The molecule has 0 N–H and O–H groups in total. The standard InChI is InChI=1S/C20H22ClFN2O5S/c1-14-18(20(21)24(23-14)16-9-12-30(26,27)13-16)7-8-19(25)29-11-2-10-28-17-5-3-15(22)4-6-17/h3-8,16H,2,9-13H2,1H3/b8-7+/t16-/m0/s1. The van der Waals surface area contributed by atoms with E-state index in [1.54, 1.807) is 6.92 Å². The van der Waals surface area contributed by atoms with Crippen molar-refractivity contribution in [2.75, 3.05) is 24.7 Å². The summed E-state index contributed by atoms with van der Waals surface area (Å²) in [6, 6.07) is 5.37. The molecule has 0 radical (unpaired) electrons. The van der Waals surface area contributed by atoms with Crippen molar-refractivity contribution >= 4 is 33.5 Å². The quantitative estimate of drug-likeness (QED) is 0.344. The molecule has 2 aromatic rings. The molecular formula is C20H22ClFN2O5S. The van der Waals surface area contributed by atoms with Crippen LogP contribution in [0.25, 0.3) is 6.08 Å². The summed E-state index contributed by atoms with van der Waals surface area (Å²) < 4.78 is 48.3. The van der Waals surface area contributed by atoms with Crippen LogP contribution in [0.15, 0.2) is 30.3 Å². The van der Waals surface area contributed by atoms with Gasteiger partial charge in [0.2, 0.25) is 0 Å². The molecule has 1 aliphatic rings. The van der Waals surface area contributed by atoms with Crippen molar-refractivity contribution in [2.45, 2.75) is 25.8 Å². The number of esters is 1. The van der Waals surface area contributed by atoms with E-state index < -0.39 is 15.8 Å². The number of rotatable bonds is 8. The minimum atomic E-state index is -3.06. The maximum Gasteiger partial charge on any atom is 0.330 e. The number of carbonyl (C=O) groups excluding carboxylic acids is 1. The Labute approximate surface area is 179 Å². The van der Waals surface area contributed by atoms with Crippen LogP contribution in [-0.4, -0.2) is 48.9 Å². The number of halogens is 2. The minimum Gasteiger partial charge on any atom is -0.493 e. The van der Waals surface area contributed by atoms with Gasteiger partial charge in [-0.25, -0.2) is 22.3 Å². The van der Waals surface area contributed by atoms with E-state index in [0.29, 0.717) is 41.6 Å². The van der Waals surface area contributed by atoms with E-state index >= 15 is 0 Å². The highest BCUT2D eigenvalue weighted by molar-refractivity contribution is 7.91. The number of aromatic nitrogens is 2. The molecule has 0 spiro atoms. The highest BCUT2D eigenvalue weighted by Crippen LogP contribution is 2.30. The first kappa shape index (κ1) is 22.3. The van der Waals surface area contributed by atoms with E-state index in [4.69, 9.17) is 21.1 Å². The zero-order chi connectivity index (χ0) is 21.7. The molecule has 0 saturated carbocycles. The van der Waals surface area contributed by atoms with Gasteiger partial charge in [0, 0.05) is 18.1 Å². The Hall–Kier alpha value is -2.39. The van der Waals surface area contributed by atoms with Crippen molar-refractivity contribution in [2.24, 2.45) is 0 Å². The van der Waals surface area contributed by atoms with Crippen molar-refractivity contribution in [1.82, 2.24) is 9.78 Å². The van der Waals surface area contributed by atoms with Crippen molar-refractivity contribution in [3.05, 3.63) is 52.6 Å². The summed E-state index contributed by atoms with van der Waals surface area (Å²) in [6.07, 6.45) is 3.72. The van der Waals surface area contributed by atoms with E-state index in [-0.39, 0.29) is 30.0 Å². The molecule has 10 heteroatoms. The number of aryl methyl sites for hydroxylation is 1. The highest BCUT2D eigenvalue weighted by Gasteiger charge is 2.31. The second kappa shape index (κ2) is 9.61. The molecule has 3 rings (SSSR count). The summed E-state index contributed by atoms with van der Waals surface area (Å²) in [5.41, 5.74) is 1.15. The Bertz CT molecular complexity index is 1030. The third-order valence-corrected chi connectivity index (χ3v) is 6.75. The SMILES string of the molecule is Cc1nn([C@H]2CCS(=O)(=O)C2)c(Cl)c1/C=C/C(=O)OCCCOc1ccc(F)cc1. The topological polar surface area (TPSA) is 87.5 Å². The smallest absolute Gasteiger partial charge is 0.330 e. The molecular weight excluding hydrogens is 435 g/mol. The largest absolute Gasteiger partial charge is 0.493 e. The predicted octanol–water partition coefficient (Wildman–Crippen LogP) is 3.37. The van der Waals surface area contributed by atoms with Crippen LogP contribution in [0.1, 0.15) is 30.1 Å². The summed E-state index contributed by atoms with van der Waals surface area (Å²) in [5.74, 6) is -0.200. The number of hydrogen-bond donors (Lipinski definition) is 0. The van der Waals surface area contributed by atoms with Crippen LogP contribution in [0, 0.1) is 12.7 Å². The average Bonchev–Trinajstić information content (AvgIpc) is 3.19. The van der Waals surface area contributed by atoms with Crippen LogP contribution in [0.3, 0.4) is 0 Å². The van der Waals surface area contributed by atoms with Gasteiger partial charge in [-0.05, 0) is 43.7 Å². The van der Waals surface area contributed by atoms with Gasteiger partial charge in [-0.15, -0.1) is 0 Å². The Morgan fingerprint density at radius 1 is 1.33 bits per heavy atom. The van der Waals surface area contributed by atoms with Crippen molar-refractivity contribution < 1.29 is 27.1 Å². The summed E-state index contributed by atoms with van der Waals surface area (Å²) in [6.45, 7) is 2.23. The molecule has 1 aliphatic heterocycles. The molecule has 0 bridgehead atoms. The molecule has 1 aromatic carbocycles. The van der Waals surface area contributed by atoms with E-state index in [2.05, 4.69) is 5.10 Å². The fraction of sp³-hybridized carbons (Fsp3) is 0.400. The van der Waals surface area contributed by atoms with Crippen LogP contribution in [0.2, 0.25) is 5.15 Å². The van der Waals surface area contributed by atoms with Gasteiger partial charge in [-0.2, -0.15) is 5.10 Å². The Balaban J connectivity index is 1.47. The molecule has 162 valence electrons. The van der Waals surface area contributed by atoms with Gasteiger partial charge in [0.25, 0.3) is 0 Å². The normalized spacial score (nSPS) is 18.0. The Morgan fingerprint density at radius 2 is 2.07 bits per heavy atom. The van der Waals surface area contributed by atoms with Gasteiger partial charge >= 0.3 is 5.97 Å². The number of nitrogens with zero attached hydrogens (tertiary/aromatic N) is 2. The average molecular weight is 457 g/mol. The van der Waals surface area contributed by atoms with Crippen molar-refractivity contribution in [3.8, 4) is 5.75 Å². The first-order valence-electron chi connectivity index (χ1n) is 9.43. The summed E-state index contributed by atoms with van der Waals surface area (Å²) >= 11 is 6.36. The number of sulfone groups is 1. The van der Waals surface area contributed by atoms with Crippen LogP contribution in [-0.2, 0) is 19.4 Å². The monoisotopic (exact) mass is 456 g/mol. The second-order valence-electron chi connectivity index (χ2n) is 6.95. The maximum absolute atomic E-state index is 12.8. The van der Waals surface area contributed by atoms with Crippen LogP contribution >= 0.6 is 11.6 Å². The van der Waals surface area contributed by atoms with Crippen molar-refractivity contribution in [1.29, 1.82) is 0 Å². The lowest BCUT2D eigenvalue weighted by atomic mass is 10.2. The fourth-order valence-corrected chi connectivity index (χ4v) is 5.15. The molecule has 30 heavy (non-hydrogen) atoms. The first-order valence-corrected chi connectivity index (χ1v) is 11.6. The lowest BCUT2D eigenvalue weighted by Gasteiger charge is -2.09. The first-order chi connectivity index (χ1) is 14.2. The van der Waals surface area contributed by atoms with Gasteiger partial charge in [0.1, 0.15) is 16.7 Å². The molecule has 0 amide bonds. The number of carbonyl (C=O) groups is 1. The van der Waals surface area contributed by atoms with Crippen LogP contribution in [0.4, 0.5) is 4.39 Å². The fourth-order valence-electron chi connectivity index (χ4n) is 3.08.